The summed E-state index contributed by atoms with van der Waals surface area (Å²) >= 11 is 1.61. The number of nitrogens with zero attached hydrogens (tertiary/aromatic N) is 3. The molecule has 0 amide bonds. The molecule has 0 unspecified atom stereocenters. The van der Waals surface area contributed by atoms with E-state index in [1.54, 1.807) is 29.7 Å². The highest BCUT2D eigenvalue weighted by Gasteiger charge is 2.13. The fraction of sp³-hybridized carbons (Fsp3) is 0.267. The minimum atomic E-state index is -0.927. The molecule has 2 aromatic heterocycles. The number of carboxylic acid groups (broad SMARTS) is 1. The van der Waals surface area contributed by atoms with Crippen molar-refractivity contribution >= 4 is 28.3 Å². The molecule has 0 saturated carbocycles. The van der Waals surface area contributed by atoms with Gasteiger partial charge in [-0.25, -0.2) is 14.8 Å². The van der Waals surface area contributed by atoms with Crippen molar-refractivity contribution in [2.24, 2.45) is 0 Å². The lowest BCUT2D eigenvalue weighted by molar-refractivity contribution is 0.0697. The normalized spacial score (nSPS) is 11.1. The van der Waals surface area contributed by atoms with E-state index in [4.69, 9.17) is 5.11 Å². The summed E-state index contributed by atoms with van der Waals surface area (Å²) in [6, 6.07) is 5.09. The Labute approximate surface area is 125 Å². The third-order valence-corrected chi connectivity index (χ3v) is 4.09. The van der Waals surface area contributed by atoms with Crippen molar-refractivity contribution in [2.45, 2.75) is 26.3 Å². The Morgan fingerprint density at radius 3 is 2.95 bits per heavy atom. The standard InChI is InChI=1S/C15H15N3O2S/c1-2-3-13-17-11-8-10(15(19)20)4-5-12(11)18(13)9-14-16-6-7-21-14/h4-8H,2-3,9H2,1H3,(H,19,20). The number of hydrogen-bond acceptors (Lipinski definition) is 4. The Morgan fingerprint density at radius 2 is 2.29 bits per heavy atom. The molecule has 0 bridgehead atoms. The van der Waals surface area contributed by atoms with Gasteiger partial charge in [-0.3, -0.25) is 0 Å². The van der Waals surface area contributed by atoms with Crippen molar-refractivity contribution < 1.29 is 9.90 Å². The van der Waals surface area contributed by atoms with Crippen molar-refractivity contribution in [1.82, 2.24) is 14.5 Å². The Morgan fingerprint density at radius 1 is 1.43 bits per heavy atom. The summed E-state index contributed by atoms with van der Waals surface area (Å²) in [6.07, 6.45) is 3.65. The van der Waals surface area contributed by atoms with Crippen molar-refractivity contribution in [1.29, 1.82) is 0 Å². The molecule has 1 aromatic carbocycles. The molecular formula is C15H15N3O2S. The van der Waals surface area contributed by atoms with Crippen LogP contribution >= 0.6 is 11.3 Å². The Balaban J connectivity index is 2.10. The summed E-state index contributed by atoms with van der Waals surface area (Å²) in [4.78, 5) is 20.0. The third-order valence-electron chi connectivity index (χ3n) is 3.32. The van der Waals surface area contributed by atoms with Gasteiger partial charge < -0.3 is 9.67 Å². The maximum Gasteiger partial charge on any atom is 0.335 e. The topological polar surface area (TPSA) is 68.0 Å². The van der Waals surface area contributed by atoms with Gasteiger partial charge in [-0.05, 0) is 24.6 Å². The van der Waals surface area contributed by atoms with Crippen molar-refractivity contribution in [2.75, 3.05) is 0 Å². The highest BCUT2D eigenvalue weighted by Crippen LogP contribution is 2.21. The van der Waals surface area contributed by atoms with Gasteiger partial charge in [0.15, 0.2) is 0 Å². The molecule has 108 valence electrons. The molecule has 0 atom stereocenters. The minimum absolute atomic E-state index is 0.268. The minimum Gasteiger partial charge on any atom is -0.478 e. The van der Waals surface area contributed by atoms with Crippen molar-refractivity contribution in [3.05, 3.63) is 46.2 Å². The molecule has 0 saturated heterocycles. The molecule has 6 heteroatoms. The summed E-state index contributed by atoms with van der Waals surface area (Å²) in [6.45, 7) is 2.78. The molecule has 0 aliphatic heterocycles. The van der Waals surface area contributed by atoms with Gasteiger partial charge in [-0.1, -0.05) is 6.92 Å². The van der Waals surface area contributed by atoms with Crippen LogP contribution in [0.2, 0.25) is 0 Å². The van der Waals surface area contributed by atoms with E-state index in [0.717, 1.165) is 34.7 Å². The number of imidazole rings is 1. The molecule has 3 aromatic rings. The summed E-state index contributed by atoms with van der Waals surface area (Å²) in [5, 5.41) is 12.1. The van der Waals surface area contributed by atoms with Gasteiger partial charge in [0.25, 0.3) is 0 Å². The number of carboxylic acids is 1. The van der Waals surface area contributed by atoms with E-state index in [-0.39, 0.29) is 5.56 Å². The highest BCUT2D eigenvalue weighted by molar-refractivity contribution is 7.09. The van der Waals surface area contributed by atoms with Crippen molar-refractivity contribution in [3.63, 3.8) is 0 Å². The second-order valence-corrected chi connectivity index (χ2v) is 5.78. The molecule has 0 fully saturated rings. The van der Waals surface area contributed by atoms with Crippen LogP contribution in [0.25, 0.3) is 11.0 Å². The molecule has 2 heterocycles. The fourth-order valence-corrected chi connectivity index (χ4v) is 2.97. The first-order valence-corrected chi connectivity index (χ1v) is 7.68. The van der Waals surface area contributed by atoms with E-state index in [9.17, 15) is 4.79 Å². The predicted molar refractivity (Wildman–Crippen MR) is 81.9 cm³/mol. The van der Waals surface area contributed by atoms with Crippen LogP contribution in [0, 0.1) is 0 Å². The van der Waals surface area contributed by atoms with E-state index >= 15 is 0 Å². The monoisotopic (exact) mass is 301 g/mol. The smallest absolute Gasteiger partial charge is 0.335 e. The maximum atomic E-state index is 11.1. The lowest BCUT2D eigenvalue weighted by atomic mass is 10.2. The van der Waals surface area contributed by atoms with E-state index in [2.05, 4.69) is 21.5 Å². The largest absolute Gasteiger partial charge is 0.478 e. The van der Waals surface area contributed by atoms with E-state index < -0.39 is 5.97 Å². The van der Waals surface area contributed by atoms with Gasteiger partial charge in [0.2, 0.25) is 0 Å². The van der Waals surface area contributed by atoms with Crippen molar-refractivity contribution in [3.8, 4) is 0 Å². The van der Waals surface area contributed by atoms with Gasteiger partial charge in [-0.15, -0.1) is 11.3 Å². The molecule has 5 nitrogen and oxygen atoms in total. The number of fused-ring (bicyclic) bond motifs is 1. The molecule has 0 spiro atoms. The molecule has 1 N–H and O–H groups in total. The quantitative estimate of drug-likeness (QED) is 0.786. The SMILES string of the molecule is CCCc1nc2cc(C(=O)O)ccc2n1Cc1nccs1. The van der Waals surface area contributed by atoms with Crippen LogP contribution < -0.4 is 0 Å². The number of aromatic nitrogens is 3. The lowest BCUT2D eigenvalue weighted by Crippen LogP contribution is -2.05. The number of rotatable bonds is 5. The van der Waals surface area contributed by atoms with Gasteiger partial charge in [0, 0.05) is 18.0 Å². The number of aromatic carboxylic acids is 1. The Kier molecular flexibility index (Phi) is 3.70. The third kappa shape index (κ3) is 2.67. The van der Waals surface area contributed by atoms with E-state index in [0.29, 0.717) is 6.54 Å². The number of aryl methyl sites for hydroxylation is 1. The molecule has 21 heavy (non-hydrogen) atoms. The summed E-state index contributed by atoms with van der Waals surface area (Å²) < 4.78 is 2.13. The maximum absolute atomic E-state index is 11.1. The zero-order valence-corrected chi connectivity index (χ0v) is 12.4. The van der Waals surface area contributed by atoms with Gasteiger partial charge in [0.05, 0.1) is 23.1 Å². The molecule has 0 radical (unpaired) electrons. The first-order valence-electron chi connectivity index (χ1n) is 6.80. The Bertz CT molecular complexity index is 778. The van der Waals surface area contributed by atoms with E-state index in [1.807, 2.05) is 11.4 Å². The van der Waals surface area contributed by atoms with Crippen LogP contribution in [0.5, 0.6) is 0 Å². The zero-order chi connectivity index (χ0) is 14.8. The van der Waals surface area contributed by atoms with Gasteiger partial charge in [0.1, 0.15) is 10.8 Å². The summed E-state index contributed by atoms with van der Waals surface area (Å²) in [7, 11) is 0. The molecule has 3 rings (SSSR count). The van der Waals surface area contributed by atoms with Crippen LogP contribution in [0.3, 0.4) is 0 Å². The predicted octanol–water partition coefficient (Wildman–Crippen LogP) is 3.19. The number of benzene rings is 1. The van der Waals surface area contributed by atoms with Crippen LogP contribution in [0.4, 0.5) is 0 Å². The highest BCUT2D eigenvalue weighted by atomic mass is 32.1. The Hall–Kier alpha value is -2.21. The van der Waals surface area contributed by atoms with Gasteiger partial charge >= 0.3 is 5.97 Å². The average molecular weight is 301 g/mol. The number of thiazole rings is 1. The van der Waals surface area contributed by atoms with Crippen LogP contribution in [0.1, 0.15) is 34.5 Å². The van der Waals surface area contributed by atoms with Crippen LogP contribution in [-0.4, -0.2) is 25.6 Å². The zero-order valence-electron chi connectivity index (χ0n) is 11.6. The summed E-state index contributed by atoms with van der Waals surface area (Å²) in [5.41, 5.74) is 1.96. The van der Waals surface area contributed by atoms with Crippen LogP contribution in [0.15, 0.2) is 29.8 Å². The first kappa shape index (κ1) is 13.8. The molecular weight excluding hydrogens is 286 g/mol. The first-order chi connectivity index (χ1) is 10.2. The molecule has 0 aliphatic rings. The molecule has 0 aliphatic carbocycles. The number of hydrogen-bond donors (Lipinski definition) is 1. The fourth-order valence-electron chi connectivity index (χ4n) is 2.37. The summed E-state index contributed by atoms with van der Waals surface area (Å²) in [5.74, 6) is 0.0497. The van der Waals surface area contributed by atoms with Gasteiger partial charge in [-0.2, -0.15) is 0 Å². The second kappa shape index (κ2) is 5.65. The van der Waals surface area contributed by atoms with Crippen LogP contribution in [-0.2, 0) is 13.0 Å². The van der Waals surface area contributed by atoms with E-state index in [1.165, 1.54) is 0 Å². The average Bonchev–Trinajstić information content (AvgIpc) is 3.08. The lowest BCUT2D eigenvalue weighted by Gasteiger charge is -2.06. The number of carbonyl (C=O) groups is 1. The second-order valence-electron chi connectivity index (χ2n) is 4.80.